The summed E-state index contributed by atoms with van der Waals surface area (Å²) in [5.74, 6) is 0. The zero-order valence-corrected chi connectivity index (χ0v) is 12.2. The summed E-state index contributed by atoms with van der Waals surface area (Å²) in [4.78, 5) is 2.47. The van der Waals surface area contributed by atoms with Gasteiger partial charge in [0.25, 0.3) is 0 Å². The summed E-state index contributed by atoms with van der Waals surface area (Å²) < 4.78 is 26.6. The van der Waals surface area contributed by atoms with Crippen molar-refractivity contribution in [3.05, 3.63) is 29.8 Å². The van der Waals surface area contributed by atoms with Crippen LogP contribution in [0.4, 0.5) is 0 Å². The molecule has 1 aromatic carbocycles. The number of likely N-dealkylation sites (N-methyl/N-ethyl adjacent to an activating group) is 1. The molecular weight excluding hydrogens is 262 g/mol. The molecule has 0 aromatic heterocycles. The summed E-state index contributed by atoms with van der Waals surface area (Å²) in [7, 11) is -1.39. The number of piperazine rings is 1. The number of benzene rings is 1. The molecule has 1 aliphatic heterocycles. The highest BCUT2D eigenvalue weighted by molar-refractivity contribution is 7.89. The van der Waals surface area contributed by atoms with E-state index in [1.165, 1.54) is 0 Å². The molecule has 5 nitrogen and oxygen atoms in total. The molecule has 6 heteroatoms. The highest BCUT2D eigenvalue weighted by Crippen LogP contribution is 2.20. The SMILES string of the molecule is CC(N)c1cccc(S(=O)(=O)N2CCN(C)CC2)c1. The van der Waals surface area contributed by atoms with Crippen molar-refractivity contribution in [3.63, 3.8) is 0 Å². The molecule has 2 rings (SSSR count). The van der Waals surface area contributed by atoms with E-state index < -0.39 is 10.0 Å². The Hall–Kier alpha value is -0.950. The van der Waals surface area contributed by atoms with Crippen LogP contribution in [0.25, 0.3) is 0 Å². The average Bonchev–Trinajstić information content (AvgIpc) is 2.39. The van der Waals surface area contributed by atoms with Gasteiger partial charge < -0.3 is 10.6 Å². The zero-order valence-electron chi connectivity index (χ0n) is 11.4. The summed E-state index contributed by atoms with van der Waals surface area (Å²) in [5, 5.41) is 0. The minimum absolute atomic E-state index is 0.164. The Morgan fingerprint density at radius 2 is 1.84 bits per heavy atom. The molecule has 1 fully saturated rings. The van der Waals surface area contributed by atoms with E-state index in [-0.39, 0.29) is 6.04 Å². The number of rotatable bonds is 3. The van der Waals surface area contributed by atoms with Gasteiger partial charge in [-0.1, -0.05) is 12.1 Å². The highest BCUT2D eigenvalue weighted by Gasteiger charge is 2.27. The molecule has 0 amide bonds. The van der Waals surface area contributed by atoms with Crippen LogP contribution in [0.1, 0.15) is 18.5 Å². The molecule has 19 heavy (non-hydrogen) atoms. The Bertz CT molecular complexity index is 535. The van der Waals surface area contributed by atoms with Crippen LogP contribution >= 0.6 is 0 Å². The van der Waals surface area contributed by atoms with Crippen LogP contribution in [0, 0.1) is 0 Å². The lowest BCUT2D eigenvalue weighted by atomic mass is 10.1. The van der Waals surface area contributed by atoms with Gasteiger partial charge in [-0.05, 0) is 31.7 Å². The molecular formula is C13H21N3O2S. The van der Waals surface area contributed by atoms with Crippen LogP contribution in [0.5, 0.6) is 0 Å². The van der Waals surface area contributed by atoms with Crippen molar-refractivity contribution in [2.24, 2.45) is 5.73 Å². The van der Waals surface area contributed by atoms with Crippen LogP contribution < -0.4 is 5.73 Å². The fourth-order valence-corrected chi connectivity index (χ4v) is 3.61. The van der Waals surface area contributed by atoms with Gasteiger partial charge in [-0.25, -0.2) is 8.42 Å². The first kappa shape index (κ1) is 14.5. The van der Waals surface area contributed by atoms with E-state index in [1.807, 2.05) is 20.0 Å². The van der Waals surface area contributed by atoms with Gasteiger partial charge in [-0.3, -0.25) is 0 Å². The van der Waals surface area contributed by atoms with Crippen LogP contribution in [0.15, 0.2) is 29.2 Å². The molecule has 2 N–H and O–H groups in total. The molecule has 0 radical (unpaired) electrons. The van der Waals surface area contributed by atoms with Gasteiger partial charge in [-0.15, -0.1) is 0 Å². The molecule has 1 unspecified atom stereocenters. The maximum Gasteiger partial charge on any atom is 0.243 e. The van der Waals surface area contributed by atoms with Gasteiger partial charge >= 0.3 is 0 Å². The molecule has 1 aromatic rings. The van der Waals surface area contributed by atoms with E-state index in [2.05, 4.69) is 4.90 Å². The van der Waals surface area contributed by atoms with Gasteiger partial charge in [0.05, 0.1) is 4.90 Å². The van der Waals surface area contributed by atoms with Gasteiger partial charge in [0.1, 0.15) is 0 Å². The number of hydrogen-bond acceptors (Lipinski definition) is 4. The average molecular weight is 283 g/mol. The smallest absolute Gasteiger partial charge is 0.243 e. The first-order valence-electron chi connectivity index (χ1n) is 6.45. The number of sulfonamides is 1. The maximum absolute atomic E-state index is 12.5. The van der Waals surface area contributed by atoms with Crippen LogP contribution in [-0.2, 0) is 10.0 Å². The van der Waals surface area contributed by atoms with E-state index >= 15 is 0 Å². The molecule has 106 valence electrons. The third-order valence-corrected chi connectivity index (χ3v) is 5.38. The standard InChI is InChI=1S/C13H21N3O2S/c1-11(14)12-4-3-5-13(10-12)19(17,18)16-8-6-15(2)7-9-16/h3-5,10-11H,6-9,14H2,1-2H3. The van der Waals surface area contributed by atoms with Crippen LogP contribution in [-0.4, -0.2) is 50.8 Å². The van der Waals surface area contributed by atoms with Gasteiger partial charge in [0, 0.05) is 32.2 Å². The summed E-state index contributed by atoms with van der Waals surface area (Å²) in [5.41, 5.74) is 6.65. The van der Waals surface area contributed by atoms with Crippen molar-refractivity contribution < 1.29 is 8.42 Å². The maximum atomic E-state index is 12.5. The molecule has 0 saturated carbocycles. The quantitative estimate of drug-likeness (QED) is 0.884. The van der Waals surface area contributed by atoms with Crippen molar-refractivity contribution in [2.75, 3.05) is 33.2 Å². The lowest BCUT2D eigenvalue weighted by molar-refractivity contribution is 0.222. The van der Waals surface area contributed by atoms with E-state index in [9.17, 15) is 8.42 Å². The Morgan fingerprint density at radius 3 is 2.42 bits per heavy atom. The number of nitrogens with two attached hydrogens (primary N) is 1. The first-order valence-corrected chi connectivity index (χ1v) is 7.89. The van der Waals surface area contributed by atoms with E-state index in [0.29, 0.717) is 18.0 Å². The molecule has 1 atom stereocenters. The fraction of sp³-hybridized carbons (Fsp3) is 0.538. The summed E-state index contributed by atoms with van der Waals surface area (Å²) in [6.45, 7) is 4.47. The minimum atomic E-state index is -3.39. The van der Waals surface area contributed by atoms with Crippen molar-refractivity contribution in [3.8, 4) is 0 Å². The molecule has 1 saturated heterocycles. The molecule has 0 spiro atoms. The normalized spacial score (nSPS) is 20.4. The van der Waals surface area contributed by atoms with Crippen LogP contribution in [0.2, 0.25) is 0 Å². The van der Waals surface area contributed by atoms with Crippen molar-refractivity contribution in [1.29, 1.82) is 0 Å². The number of nitrogens with zero attached hydrogens (tertiary/aromatic N) is 2. The minimum Gasteiger partial charge on any atom is -0.324 e. The second-order valence-corrected chi connectivity index (χ2v) is 7.01. The summed E-state index contributed by atoms with van der Waals surface area (Å²) in [6, 6.07) is 6.76. The van der Waals surface area contributed by atoms with Crippen molar-refractivity contribution in [1.82, 2.24) is 9.21 Å². The topological polar surface area (TPSA) is 66.6 Å². The molecule has 1 aliphatic rings. The molecule has 1 heterocycles. The van der Waals surface area contributed by atoms with Gasteiger partial charge in [0.2, 0.25) is 10.0 Å². The van der Waals surface area contributed by atoms with Crippen LogP contribution in [0.3, 0.4) is 0 Å². The third kappa shape index (κ3) is 3.14. The second-order valence-electron chi connectivity index (χ2n) is 5.07. The zero-order chi connectivity index (χ0) is 14.0. The van der Waals surface area contributed by atoms with Crippen molar-refractivity contribution >= 4 is 10.0 Å². The largest absolute Gasteiger partial charge is 0.324 e. The first-order chi connectivity index (χ1) is 8.91. The van der Waals surface area contributed by atoms with E-state index in [0.717, 1.165) is 18.7 Å². The third-order valence-electron chi connectivity index (χ3n) is 3.48. The summed E-state index contributed by atoms with van der Waals surface area (Å²) >= 11 is 0. The lowest BCUT2D eigenvalue weighted by Crippen LogP contribution is -2.47. The Morgan fingerprint density at radius 1 is 1.21 bits per heavy atom. The van der Waals surface area contributed by atoms with Gasteiger partial charge in [0.15, 0.2) is 0 Å². The monoisotopic (exact) mass is 283 g/mol. The number of hydrogen-bond donors (Lipinski definition) is 1. The van der Waals surface area contributed by atoms with Crippen molar-refractivity contribution in [2.45, 2.75) is 17.9 Å². The fourth-order valence-electron chi connectivity index (χ4n) is 2.14. The Balaban J connectivity index is 2.26. The Kier molecular flexibility index (Phi) is 4.25. The van der Waals surface area contributed by atoms with E-state index in [4.69, 9.17) is 5.73 Å². The molecule has 0 aliphatic carbocycles. The highest BCUT2D eigenvalue weighted by atomic mass is 32.2. The second kappa shape index (κ2) is 5.58. The predicted molar refractivity (Wildman–Crippen MR) is 75.3 cm³/mol. The van der Waals surface area contributed by atoms with Gasteiger partial charge in [-0.2, -0.15) is 4.31 Å². The predicted octanol–water partition coefficient (Wildman–Crippen LogP) is 0.642. The summed E-state index contributed by atoms with van der Waals surface area (Å²) in [6.07, 6.45) is 0. The lowest BCUT2D eigenvalue weighted by Gasteiger charge is -2.31. The Labute approximate surface area is 115 Å². The molecule has 0 bridgehead atoms. The van der Waals surface area contributed by atoms with E-state index in [1.54, 1.807) is 22.5 Å².